The second kappa shape index (κ2) is 7.09. The van der Waals surface area contributed by atoms with Gasteiger partial charge in [-0.05, 0) is 24.7 Å². The maximum absolute atomic E-state index is 12.6. The average molecular weight is 320 g/mol. The third-order valence-electron chi connectivity index (χ3n) is 4.46. The lowest BCUT2D eigenvalue weighted by Gasteiger charge is -2.31. The third kappa shape index (κ3) is 4.42. The van der Waals surface area contributed by atoms with E-state index in [4.69, 9.17) is 5.73 Å². The van der Waals surface area contributed by atoms with Crippen LogP contribution in [0, 0.1) is 11.8 Å². The van der Waals surface area contributed by atoms with Gasteiger partial charge in [-0.15, -0.1) is 11.3 Å². The summed E-state index contributed by atoms with van der Waals surface area (Å²) >= 11 is 0.695. The number of rotatable bonds is 5. The van der Waals surface area contributed by atoms with Gasteiger partial charge < -0.3 is 5.73 Å². The third-order valence-corrected chi connectivity index (χ3v) is 5.60. The summed E-state index contributed by atoms with van der Waals surface area (Å²) in [6.07, 6.45) is 5.07. The van der Waals surface area contributed by atoms with Crippen LogP contribution >= 0.6 is 11.3 Å². The Morgan fingerprint density at radius 2 is 2.00 bits per heavy atom. The zero-order valence-corrected chi connectivity index (χ0v) is 13.1. The van der Waals surface area contributed by atoms with Crippen LogP contribution < -0.4 is 5.73 Å². The van der Waals surface area contributed by atoms with E-state index < -0.39 is 11.2 Å². The zero-order valence-electron chi connectivity index (χ0n) is 12.3. The van der Waals surface area contributed by atoms with Gasteiger partial charge in [0.05, 0.1) is 0 Å². The van der Waals surface area contributed by atoms with E-state index in [1.807, 2.05) is 0 Å². The molecule has 0 saturated heterocycles. The molecule has 0 bridgehead atoms. The number of aromatic nitrogens is 1. The zero-order chi connectivity index (χ0) is 15.5. The molecule has 1 fully saturated rings. The van der Waals surface area contributed by atoms with Crippen molar-refractivity contribution in [1.29, 1.82) is 0 Å². The highest BCUT2D eigenvalue weighted by Crippen LogP contribution is 2.40. The summed E-state index contributed by atoms with van der Waals surface area (Å²) in [6.45, 7) is 2.20. The molecule has 0 aromatic carbocycles. The van der Waals surface area contributed by atoms with Crippen molar-refractivity contribution in [3.05, 3.63) is 16.1 Å². The SMILES string of the molecule is CCCCC1CCC(C(N)c2cnc(C(F)(F)F)s2)CC1. The Kier molecular flexibility index (Phi) is 5.66. The maximum atomic E-state index is 12.6. The summed E-state index contributed by atoms with van der Waals surface area (Å²) in [5, 5.41) is -0.787. The van der Waals surface area contributed by atoms with Crippen LogP contribution in [0.1, 0.15) is 67.8 Å². The summed E-state index contributed by atoms with van der Waals surface area (Å²) < 4.78 is 37.8. The molecule has 1 aromatic rings. The number of halogens is 3. The number of thiazole rings is 1. The van der Waals surface area contributed by atoms with E-state index in [0.717, 1.165) is 31.6 Å². The van der Waals surface area contributed by atoms with Gasteiger partial charge in [-0.25, -0.2) is 4.98 Å². The monoisotopic (exact) mass is 320 g/mol. The van der Waals surface area contributed by atoms with Gasteiger partial charge in [0.25, 0.3) is 0 Å². The molecule has 1 atom stereocenters. The number of alkyl halides is 3. The lowest BCUT2D eigenvalue weighted by molar-refractivity contribution is -0.137. The molecule has 1 saturated carbocycles. The summed E-state index contributed by atoms with van der Waals surface area (Å²) in [6, 6.07) is -0.300. The average Bonchev–Trinajstić information content (AvgIpc) is 2.95. The van der Waals surface area contributed by atoms with E-state index in [-0.39, 0.29) is 6.04 Å². The highest BCUT2D eigenvalue weighted by molar-refractivity contribution is 7.11. The van der Waals surface area contributed by atoms with Crippen molar-refractivity contribution in [2.24, 2.45) is 17.6 Å². The molecule has 6 heteroatoms. The van der Waals surface area contributed by atoms with E-state index in [1.165, 1.54) is 25.5 Å². The molecule has 1 aliphatic carbocycles. The number of unbranched alkanes of at least 4 members (excludes halogenated alkanes) is 1. The molecule has 2 rings (SSSR count). The van der Waals surface area contributed by atoms with Gasteiger partial charge in [0.15, 0.2) is 5.01 Å². The smallest absolute Gasteiger partial charge is 0.323 e. The van der Waals surface area contributed by atoms with Gasteiger partial charge in [-0.1, -0.05) is 39.0 Å². The Hall–Kier alpha value is -0.620. The molecular weight excluding hydrogens is 297 g/mol. The quantitative estimate of drug-likeness (QED) is 0.814. The molecule has 120 valence electrons. The van der Waals surface area contributed by atoms with Crippen LogP contribution in [-0.2, 0) is 6.18 Å². The fourth-order valence-electron chi connectivity index (χ4n) is 3.13. The van der Waals surface area contributed by atoms with Crippen molar-refractivity contribution in [3.8, 4) is 0 Å². The summed E-state index contributed by atoms with van der Waals surface area (Å²) in [7, 11) is 0. The minimum absolute atomic E-state index is 0.296. The number of nitrogens with two attached hydrogens (primary N) is 1. The first-order valence-corrected chi connectivity index (χ1v) is 8.52. The summed E-state index contributed by atoms with van der Waals surface area (Å²) in [4.78, 5) is 4.04. The largest absolute Gasteiger partial charge is 0.443 e. The Labute approximate surface area is 128 Å². The number of hydrogen-bond donors (Lipinski definition) is 1. The summed E-state index contributed by atoms with van der Waals surface area (Å²) in [5.74, 6) is 1.07. The van der Waals surface area contributed by atoms with E-state index in [1.54, 1.807) is 0 Å². The minimum Gasteiger partial charge on any atom is -0.323 e. The predicted octanol–water partition coefficient (Wildman–Crippen LogP) is 5.16. The van der Waals surface area contributed by atoms with E-state index in [0.29, 0.717) is 22.1 Å². The van der Waals surface area contributed by atoms with Gasteiger partial charge in [0, 0.05) is 17.1 Å². The second-order valence-electron chi connectivity index (χ2n) is 6.01. The first-order valence-electron chi connectivity index (χ1n) is 7.70. The molecular formula is C15H23F3N2S. The highest BCUT2D eigenvalue weighted by atomic mass is 32.1. The Balaban J connectivity index is 1.90. The van der Waals surface area contributed by atoms with E-state index in [2.05, 4.69) is 11.9 Å². The molecule has 2 nitrogen and oxygen atoms in total. The Bertz CT molecular complexity index is 436. The molecule has 0 aliphatic heterocycles. The van der Waals surface area contributed by atoms with Gasteiger partial charge >= 0.3 is 6.18 Å². The van der Waals surface area contributed by atoms with E-state index >= 15 is 0 Å². The van der Waals surface area contributed by atoms with Crippen LogP contribution in [-0.4, -0.2) is 4.98 Å². The van der Waals surface area contributed by atoms with Crippen LogP contribution in [0.15, 0.2) is 6.20 Å². The minimum atomic E-state index is -4.36. The second-order valence-corrected chi connectivity index (χ2v) is 7.08. The van der Waals surface area contributed by atoms with E-state index in [9.17, 15) is 13.2 Å². The lowest BCUT2D eigenvalue weighted by Crippen LogP contribution is -2.25. The standard InChI is InChI=1S/C15H23F3N2S/c1-2-3-4-10-5-7-11(8-6-10)13(19)12-9-20-14(21-12)15(16,17)18/h9-11,13H,2-8,19H2,1H3. The first-order chi connectivity index (χ1) is 9.91. The van der Waals surface area contributed by atoms with Gasteiger partial charge in [-0.3, -0.25) is 0 Å². The number of hydrogen-bond acceptors (Lipinski definition) is 3. The molecule has 21 heavy (non-hydrogen) atoms. The van der Waals surface area contributed by atoms with Crippen molar-refractivity contribution in [2.75, 3.05) is 0 Å². The lowest BCUT2D eigenvalue weighted by atomic mass is 9.77. The molecule has 1 heterocycles. The highest BCUT2D eigenvalue weighted by Gasteiger charge is 2.36. The van der Waals surface area contributed by atoms with Gasteiger partial charge in [-0.2, -0.15) is 13.2 Å². The van der Waals surface area contributed by atoms with Crippen molar-refractivity contribution in [3.63, 3.8) is 0 Å². The van der Waals surface area contributed by atoms with Crippen LogP contribution in [0.3, 0.4) is 0 Å². The molecule has 0 amide bonds. The first kappa shape index (κ1) is 16.7. The predicted molar refractivity (Wildman–Crippen MR) is 79.0 cm³/mol. The van der Waals surface area contributed by atoms with Crippen LogP contribution in [0.5, 0.6) is 0 Å². The topological polar surface area (TPSA) is 38.9 Å². The van der Waals surface area contributed by atoms with Crippen molar-refractivity contribution in [1.82, 2.24) is 4.98 Å². The summed E-state index contributed by atoms with van der Waals surface area (Å²) in [5.41, 5.74) is 6.17. The molecule has 0 spiro atoms. The maximum Gasteiger partial charge on any atom is 0.443 e. The Morgan fingerprint density at radius 1 is 1.33 bits per heavy atom. The van der Waals surface area contributed by atoms with Crippen molar-refractivity contribution in [2.45, 2.75) is 64.1 Å². The Morgan fingerprint density at radius 3 is 2.52 bits per heavy atom. The molecule has 0 radical (unpaired) electrons. The van der Waals surface area contributed by atoms with Crippen LogP contribution in [0.4, 0.5) is 13.2 Å². The molecule has 2 N–H and O–H groups in total. The normalized spacial score (nSPS) is 25.0. The fourth-order valence-corrected chi connectivity index (χ4v) is 4.01. The van der Waals surface area contributed by atoms with Crippen molar-refractivity contribution < 1.29 is 13.2 Å². The van der Waals surface area contributed by atoms with Gasteiger partial charge in [0.1, 0.15) is 0 Å². The van der Waals surface area contributed by atoms with Crippen LogP contribution in [0.2, 0.25) is 0 Å². The molecule has 1 aromatic heterocycles. The van der Waals surface area contributed by atoms with Crippen LogP contribution in [0.25, 0.3) is 0 Å². The fraction of sp³-hybridized carbons (Fsp3) is 0.800. The molecule has 1 aliphatic rings. The van der Waals surface area contributed by atoms with Crippen molar-refractivity contribution >= 4 is 11.3 Å². The molecule has 1 unspecified atom stereocenters. The number of nitrogens with zero attached hydrogens (tertiary/aromatic N) is 1. The van der Waals surface area contributed by atoms with Gasteiger partial charge in [0.2, 0.25) is 0 Å².